The fourth-order valence-electron chi connectivity index (χ4n) is 6.27. The maximum atomic E-state index is 12.7. The molecule has 0 spiro atoms. The highest BCUT2D eigenvalue weighted by Gasteiger charge is 2.46. The second-order valence-corrected chi connectivity index (χ2v) is 13.8. The van der Waals surface area contributed by atoms with E-state index < -0.39 is 36.5 Å². The Hall–Kier alpha value is -2.91. The van der Waals surface area contributed by atoms with E-state index in [1.165, 1.54) is 49.7 Å². The number of aliphatic hydroxyl groups excluding tert-OH is 4. The Morgan fingerprint density at radius 2 is 1.00 bits per heavy atom. The number of rotatable bonds is 24. The number of unbranched alkanes of at least 4 members (excludes halogenated alkanes) is 6. The predicted octanol–water partition coefficient (Wildman–Crippen LogP) is 5.85. The lowest BCUT2D eigenvalue weighted by Gasteiger charge is -2.42. The largest absolute Gasteiger partial charge is 0.394 e. The highest BCUT2D eigenvalue weighted by Crippen LogP contribution is 2.26. The zero-order valence-electron chi connectivity index (χ0n) is 29.0. The van der Waals surface area contributed by atoms with E-state index in [4.69, 9.17) is 11.5 Å². The molecule has 264 valence electrons. The van der Waals surface area contributed by atoms with Crippen LogP contribution < -0.4 is 11.5 Å². The third kappa shape index (κ3) is 12.5. The Labute approximate surface area is 288 Å². The molecule has 48 heavy (non-hydrogen) atoms. The van der Waals surface area contributed by atoms with Crippen LogP contribution in [0.25, 0.3) is 0 Å². The molecule has 3 rings (SSSR count). The van der Waals surface area contributed by atoms with Gasteiger partial charge in [-0.2, -0.15) is 0 Å². The van der Waals surface area contributed by atoms with E-state index in [1.807, 2.05) is 30.3 Å². The molecule has 4 atom stereocenters. The molecule has 0 amide bonds. The number of nitrogens with two attached hydrogens (primary N) is 2. The van der Waals surface area contributed by atoms with E-state index in [0.29, 0.717) is 24.8 Å². The molecular formula is C41H60N2O5. The van der Waals surface area contributed by atoms with Crippen LogP contribution in [-0.2, 0) is 25.7 Å². The summed E-state index contributed by atoms with van der Waals surface area (Å²) < 4.78 is 0. The molecule has 0 aromatic heterocycles. The van der Waals surface area contributed by atoms with Gasteiger partial charge in [0.2, 0.25) is 0 Å². The van der Waals surface area contributed by atoms with Gasteiger partial charge in [-0.3, -0.25) is 4.79 Å². The lowest BCUT2D eigenvalue weighted by Crippen LogP contribution is -2.67. The van der Waals surface area contributed by atoms with Crippen molar-refractivity contribution in [2.75, 3.05) is 13.2 Å². The monoisotopic (exact) mass is 660 g/mol. The normalized spacial score (nSPS) is 15.4. The van der Waals surface area contributed by atoms with Crippen molar-refractivity contribution in [2.45, 2.75) is 127 Å². The van der Waals surface area contributed by atoms with Crippen molar-refractivity contribution in [3.63, 3.8) is 0 Å². The molecule has 0 bridgehead atoms. The van der Waals surface area contributed by atoms with E-state index in [1.54, 1.807) is 12.1 Å². The molecule has 0 aliphatic rings. The van der Waals surface area contributed by atoms with Crippen molar-refractivity contribution in [1.29, 1.82) is 0 Å². The van der Waals surface area contributed by atoms with Gasteiger partial charge in [0.15, 0.2) is 5.78 Å². The fraction of sp³-hybridized carbons (Fsp3) is 0.537. The first-order valence-electron chi connectivity index (χ1n) is 18.0. The van der Waals surface area contributed by atoms with Crippen molar-refractivity contribution in [3.05, 3.63) is 107 Å². The third-order valence-electron chi connectivity index (χ3n) is 9.90. The number of carbonyl (C=O) groups is 1. The van der Waals surface area contributed by atoms with E-state index in [0.717, 1.165) is 36.8 Å². The van der Waals surface area contributed by atoms with Gasteiger partial charge >= 0.3 is 0 Å². The van der Waals surface area contributed by atoms with Gasteiger partial charge in [-0.05, 0) is 80.0 Å². The molecule has 4 unspecified atom stereocenters. The van der Waals surface area contributed by atoms with Gasteiger partial charge in [0.1, 0.15) is 12.2 Å². The highest BCUT2D eigenvalue weighted by molar-refractivity contribution is 5.96. The van der Waals surface area contributed by atoms with E-state index in [2.05, 4.69) is 43.3 Å². The maximum Gasteiger partial charge on any atom is 0.162 e. The van der Waals surface area contributed by atoms with Gasteiger partial charge < -0.3 is 31.9 Å². The minimum absolute atomic E-state index is 0.101. The Morgan fingerprint density at radius 3 is 1.50 bits per heavy atom. The van der Waals surface area contributed by atoms with Crippen molar-refractivity contribution in [3.8, 4) is 0 Å². The van der Waals surface area contributed by atoms with E-state index in [9.17, 15) is 25.2 Å². The summed E-state index contributed by atoms with van der Waals surface area (Å²) >= 11 is 0. The lowest BCUT2D eigenvalue weighted by atomic mass is 9.76. The number of Topliss-reactive ketones (excluding diaryl/α,β-unsaturated/α-hetero) is 1. The summed E-state index contributed by atoms with van der Waals surface area (Å²) in [7, 11) is 0. The maximum absolute atomic E-state index is 12.7. The molecule has 0 saturated heterocycles. The first-order valence-corrected chi connectivity index (χ1v) is 18.0. The number of aliphatic hydroxyl groups is 4. The van der Waals surface area contributed by atoms with Gasteiger partial charge in [0.05, 0.1) is 24.3 Å². The molecule has 0 heterocycles. The summed E-state index contributed by atoms with van der Waals surface area (Å²) in [6, 6.07) is 25.9. The van der Waals surface area contributed by atoms with Crippen molar-refractivity contribution < 1.29 is 25.2 Å². The second-order valence-electron chi connectivity index (χ2n) is 13.8. The van der Waals surface area contributed by atoms with Crippen molar-refractivity contribution in [1.82, 2.24) is 0 Å². The van der Waals surface area contributed by atoms with Gasteiger partial charge in [-0.1, -0.05) is 118 Å². The van der Waals surface area contributed by atoms with Crippen molar-refractivity contribution >= 4 is 5.78 Å². The molecule has 7 nitrogen and oxygen atoms in total. The smallest absolute Gasteiger partial charge is 0.162 e. The lowest BCUT2D eigenvalue weighted by molar-refractivity contribution is -0.0917. The molecule has 8 N–H and O–H groups in total. The summed E-state index contributed by atoms with van der Waals surface area (Å²) in [4.78, 5) is 12.7. The Bertz CT molecular complexity index is 1320. The van der Waals surface area contributed by atoms with Crippen LogP contribution in [-0.4, -0.2) is 62.7 Å². The van der Waals surface area contributed by atoms with Crippen LogP contribution in [0.2, 0.25) is 0 Å². The van der Waals surface area contributed by atoms with Crippen molar-refractivity contribution in [2.24, 2.45) is 11.5 Å². The van der Waals surface area contributed by atoms with Crippen LogP contribution >= 0.6 is 0 Å². The van der Waals surface area contributed by atoms with E-state index >= 15 is 0 Å². The first kappa shape index (κ1) is 39.5. The molecule has 0 fully saturated rings. The summed E-state index contributed by atoms with van der Waals surface area (Å²) in [6.07, 6.45) is 10.0. The van der Waals surface area contributed by atoms with Gasteiger partial charge in [-0.15, -0.1) is 0 Å². The number of benzene rings is 3. The highest BCUT2D eigenvalue weighted by atomic mass is 16.3. The predicted molar refractivity (Wildman–Crippen MR) is 195 cm³/mol. The average molecular weight is 661 g/mol. The van der Waals surface area contributed by atoms with Crippen LogP contribution in [0.1, 0.15) is 110 Å². The second kappa shape index (κ2) is 20.6. The summed E-state index contributed by atoms with van der Waals surface area (Å²) in [5.74, 6) is 0.101. The topological polar surface area (TPSA) is 150 Å². The molecular weight excluding hydrogens is 600 g/mol. The SMILES string of the molecule is CCCCCCCCc1ccc(CCC(N)(CO)C(O)C(O)C(N)(CO)CCc2ccc(C(=O)CCCCc3ccccc3)cc2)cc1. The number of aryl methyl sites for hydroxylation is 4. The third-order valence-corrected chi connectivity index (χ3v) is 9.90. The number of carbonyl (C=O) groups excluding carboxylic acids is 1. The summed E-state index contributed by atoms with van der Waals surface area (Å²) in [5.41, 5.74) is 15.0. The number of ketones is 1. The van der Waals surface area contributed by atoms with Gasteiger partial charge in [0.25, 0.3) is 0 Å². The van der Waals surface area contributed by atoms with Crippen LogP contribution in [0.4, 0.5) is 0 Å². The molecule has 0 saturated carbocycles. The Morgan fingerprint density at radius 1 is 0.583 bits per heavy atom. The average Bonchev–Trinajstić information content (AvgIpc) is 3.13. The Kier molecular flexibility index (Phi) is 16.9. The zero-order valence-corrected chi connectivity index (χ0v) is 29.0. The minimum Gasteiger partial charge on any atom is -0.394 e. The van der Waals surface area contributed by atoms with E-state index in [-0.39, 0.29) is 18.6 Å². The molecule has 3 aromatic carbocycles. The van der Waals surface area contributed by atoms with Gasteiger partial charge in [0, 0.05) is 12.0 Å². The van der Waals surface area contributed by atoms with Crippen LogP contribution in [0.3, 0.4) is 0 Å². The molecule has 0 radical (unpaired) electrons. The van der Waals surface area contributed by atoms with Crippen LogP contribution in [0.15, 0.2) is 78.9 Å². The number of hydrogen-bond donors (Lipinski definition) is 6. The fourth-order valence-corrected chi connectivity index (χ4v) is 6.27. The van der Waals surface area contributed by atoms with Crippen LogP contribution in [0.5, 0.6) is 0 Å². The zero-order chi connectivity index (χ0) is 34.8. The standard InChI is InChI=1S/C41H60N2O5/c1-2-3-4-5-6-8-15-33-18-20-34(21-19-33)26-28-40(42,30-44)38(47)39(48)41(43,31-45)29-27-35-22-24-36(25-23-35)37(46)17-12-11-16-32-13-9-7-10-14-32/h7,9-10,13-14,18-25,38-39,44-45,47-48H,2-6,8,11-12,15-17,26-31,42-43H2,1H3. The minimum atomic E-state index is -1.57. The molecule has 7 heteroatoms. The van der Waals surface area contributed by atoms with Gasteiger partial charge in [-0.25, -0.2) is 0 Å². The first-order chi connectivity index (χ1) is 23.1. The quantitative estimate of drug-likeness (QED) is 0.0521. The summed E-state index contributed by atoms with van der Waals surface area (Å²) in [6.45, 7) is 1.10. The Balaban J connectivity index is 1.47. The van der Waals surface area contributed by atoms with Crippen LogP contribution in [0, 0.1) is 0 Å². The molecule has 3 aromatic rings. The summed E-state index contributed by atoms with van der Waals surface area (Å²) in [5, 5.41) is 42.8. The molecule has 0 aliphatic heterocycles. The molecule has 0 aliphatic carbocycles. The number of hydrogen-bond acceptors (Lipinski definition) is 7.